The Balaban J connectivity index is 0.000000791. The third-order valence-electron chi connectivity index (χ3n) is 2.40. The predicted molar refractivity (Wildman–Crippen MR) is 65.7 cm³/mol. The fraction of sp³-hybridized carbons (Fsp3) is 0.571. The second-order valence-electron chi connectivity index (χ2n) is 3.70. The molecule has 0 nitrogen and oxygen atoms in total. The minimum Gasteiger partial charge on any atom is -0.0683 e. The van der Waals surface area contributed by atoms with Crippen molar-refractivity contribution in [3.8, 4) is 0 Å². The monoisotopic (exact) mass is 192 g/mol. The van der Waals surface area contributed by atoms with E-state index in [2.05, 4.69) is 45.0 Å². The molecule has 0 spiro atoms. The Kier molecular flexibility index (Phi) is 7.18. The normalized spacial score (nSPS) is 11.5. The third-order valence-corrected chi connectivity index (χ3v) is 2.40. The van der Waals surface area contributed by atoms with Gasteiger partial charge in [-0.3, -0.25) is 0 Å². The lowest BCUT2D eigenvalue weighted by Gasteiger charge is -2.07. The molecule has 0 bridgehead atoms. The standard InChI is InChI=1S/C12H18.C2H6/c1-4-10(2)9-12-7-5-11(3)6-8-12;1-2/h5-8,10H,4,9H2,1-3H3;1-2H3. The van der Waals surface area contributed by atoms with Crippen molar-refractivity contribution >= 4 is 0 Å². The van der Waals surface area contributed by atoms with E-state index in [1.165, 1.54) is 24.0 Å². The Bertz CT molecular complexity index is 220. The summed E-state index contributed by atoms with van der Waals surface area (Å²) in [5.41, 5.74) is 2.82. The number of aryl methyl sites for hydroxylation is 1. The van der Waals surface area contributed by atoms with Gasteiger partial charge in [0.2, 0.25) is 0 Å². The summed E-state index contributed by atoms with van der Waals surface area (Å²) in [7, 11) is 0. The Hall–Kier alpha value is -0.780. The molecule has 14 heavy (non-hydrogen) atoms. The van der Waals surface area contributed by atoms with E-state index in [9.17, 15) is 0 Å². The summed E-state index contributed by atoms with van der Waals surface area (Å²) in [6.45, 7) is 10.7. The molecule has 0 amide bonds. The van der Waals surface area contributed by atoms with Crippen LogP contribution in [0, 0.1) is 12.8 Å². The van der Waals surface area contributed by atoms with Gasteiger partial charge in [-0.2, -0.15) is 0 Å². The van der Waals surface area contributed by atoms with Gasteiger partial charge in [-0.25, -0.2) is 0 Å². The molecule has 0 aliphatic carbocycles. The Morgan fingerprint density at radius 2 is 1.57 bits per heavy atom. The minimum atomic E-state index is 0.813. The van der Waals surface area contributed by atoms with Crippen molar-refractivity contribution in [3.63, 3.8) is 0 Å². The quantitative estimate of drug-likeness (QED) is 0.656. The molecule has 0 heteroatoms. The van der Waals surface area contributed by atoms with Crippen molar-refractivity contribution in [2.45, 2.75) is 47.5 Å². The molecule has 0 aliphatic rings. The summed E-state index contributed by atoms with van der Waals surface area (Å²) in [6, 6.07) is 8.86. The van der Waals surface area contributed by atoms with Crippen molar-refractivity contribution in [1.82, 2.24) is 0 Å². The van der Waals surface area contributed by atoms with Crippen LogP contribution in [0.5, 0.6) is 0 Å². The van der Waals surface area contributed by atoms with Crippen molar-refractivity contribution in [1.29, 1.82) is 0 Å². The summed E-state index contributed by atoms with van der Waals surface area (Å²) < 4.78 is 0. The largest absolute Gasteiger partial charge is 0.0683 e. The SMILES string of the molecule is CC.CCC(C)Cc1ccc(C)cc1. The summed E-state index contributed by atoms with van der Waals surface area (Å²) in [6.07, 6.45) is 2.49. The summed E-state index contributed by atoms with van der Waals surface area (Å²) in [5, 5.41) is 0. The molecule has 1 aromatic carbocycles. The van der Waals surface area contributed by atoms with E-state index >= 15 is 0 Å². The van der Waals surface area contributed by atoms with Gasteiger partial charge < -0.3 is 0 Å². The van der Waals surface area contributed by atoms with Gasteiger partial charge in [0.15, 0.2) is 0 Å². The van der Waals surface area contributed by atoms with Crippen LogP contribution >= 0.6 is 0 Å². The molecular weight excluding hydrogens is 168 g/mol. The van der Waals surface area contributed by atoms with E-state index in [1.54, 1.807) is 0 Å². The smallest absolute Gasteiger partial charge is 0.0253 e. The van der Waals surface area contributed by atoms with Gasteiger partial charge in [0.1, 0.15) is 0 Å². The number of hydrogen-bond donors (Lipinski definition) is 0. The fourth-order valence-corrected chi connectivity index (χ4v) is 1.27. The zero-order valence-corrected chi connectivity index (χ0v) is 10.3. The number of rotatable bonds is 3. The Morgan fingerprint density at radius 3 is 2.00 bits per heavy atom. The van der Waals surface area contributed by atoms with Crippen molar-refractivity contribution in [3.05, 3.63) is 35.4 Å². The fourth-order valence-electron chi connectivity index (χ4n) is 1.27. The zero-order chi connectivity index (χ0) is 11.0. The molecule has 80 valence electrons. The first kappa shape index (κ1) is 13.2. The molecule has 0 saturated heterocycles. The molecule has 0 saturated carbocycles. The maximum Gasteiger partial charge on any atom is -0.0253 e. The lowest BCUT2D eigenvalue weighted by Crippen LogP contribution is -1.97. The van der Waals surface area contributed by atoms with Gasteiger partial charge in [-0.05, 0) is 24.8 Å². The predicted octanol–water partition coefficient (Wildman–Crippen LogP) is 4.61. The highest BCUT2D eigenvalue weighted by Crippen LogP contribution is 2.11. The summed E-state index contributed by atoms with van der Waals surface area (Å²) >= 11 is 0. The first-order valence-electron chi connectivity index (χ1n) is 5.78. The maximum atomic E-state index is 2.31. The van der Waals surface area contributed by atoms with Crippen LogP contribution in [-0.4, -0.2) is 0 Å². The average Bonchev–Trinajstić information content (AvgIpc) is 2.24. The van der Waals surface area contributed by atoms with Crippen LogP contribution in [0.3, 0.4) is 0 Å². The zero-order valence-electron chi connectivity index (χ0n) is 10.3. The van der Waals surface area contributed by atoms with Gasteiger partial charge >= 0.3 is 0 Å². The maximum absolute atomic E-state index is 2.31. The molecule has 0 aliphatic heterocycles. The summed E-state index contributed by atoms with van der Waals surface area (Å²) in [4.78, 5) is 0. The molecule has 1 atom stereocenters. The highest BCUT2D eigenvalue weighted by Gasteiger charge is 1.99. The number of benzene rings is 1. The van der Waals surface area contributed by atoms with Crippen molar-refractivity contribution in [2.24, 2.45) is 5.92 Å². The van der Waals surface area contributed by atoms with Gasteiger partial charge in [-0.15, -0.1) is 0 Å². The van der Waals surface area contributed by atoms with Crippen LogP contribution in [0.2, 0.25) is 0 Å². The van der Waals surface area contributed by atoms with E-state index in [0.717, 1.165) is 5.92 Å². The number of hydrogen-bond acceptors (Lipinski definition) is 0. The van der Waals surface area contributed by atoms with E-state index in [4.69, 9.17) is 0 Å². The van der Waals surface area contributed by atoms with Crippen LogP contribution in [0.4, 0.5) is 0 Å². The van der Waals surface area contributed by atoms with E-state index in [0.29, 0.717) is 0 Å². The van der Waals surface area contributed by atoms with Crippen LogP contribution in [0.1, 0.15) is 45.2 Å². The molecule has 1 unspecified atom stereocenters. The van der Waals surface area contributed by atoms with Crippen LogP contribution in [0.15, 0.2) is 24.3 Å². The lowest BCUT2D eigenvalue weighted by atomic mass is 9.98. The van der Waals surface area contributed by atoms with E-state index in [1.807, 2.05) is 13.8 Å². The Labute approximate surface area is 89.4 Å². The average molecular weight is 192 g/mol. The molecule has 0 aromatic heterocycles. The third kappa shape index (κ3) is 5.06. The first-order valence-corrected chi connectivity index (χ1v) is 5.78. The van der Waals surface area contributed by atoms with Gasteiger partial charge in [0.05, 0.1) is 0 Å². The molecule has 0 fully saturated rings. The highest BCUT2D eigenvalue weighted by molar-refractivity contribution is 5.21. The molecule has 0 radical (unpaired) electrons. The molecule has 0 heterocycles. The van der Waals surface area contributed by atoms with Gasteiger partial charge in [0, 0.05) is 0 Å². The van der Waals surface area contributed by atoms with Gasteiger partial charge in [0.25, 0.3) is 0 Å². The molecular formula is C14H24. The second-order valence-corrected chi connectivity index (χ2v) is 3.70. The van der Waals surface area contributed by atoms with Crippen LogP contribution in [0.25, 0.3) is 0 Å². The highest BCUT2D eigenvalue weighted by atomic mass is 14.0. The molecule has 0 N–H and O–H groups in total. The molecule has 1 rings (SSSR count). The van der Waals surface area contributed by atoms with Crippen LogP contribution < -0.4 is 0 Å². The van der Waals surface area contributed by atoms with Crippen molar-refractivity contribution in [2.75, 3.05) is 0 Å². The topological polar surface area (TPSA) is 0 Å². The van der Waals surface area contributed by atoms with Crippen LogP contribution in [-0.2, 0) is 6.42 Å². The lowest BCUT2D eigenvalue weighted by molar-refractivity contribution is 0.560. The summed E-state index contributed by atoms with van der Waals surface area (Å²) in [5.74, 6) is 0.813. The Morgan fingerprint density at radius 1 is 1.07 bits per heavy atom. The van der Waals surface area contributed by atoms with Crippen molar-refractivity contribution < 1.29 is 0 Å². The second kappa shape index (κ2) is 7.61. The van der Waals surface area contributed by atoms with Gasteiger partial charge in [-0.1, -0.05) is 63.9 Å². The molecule has 1 aromatic rings. The minimum absolute atomic E-state index is 0.813. The first-order chi connectivity index (χ1) is 6.72. The van der Waals surface area contributed by atoms with E-state index < -0.39 is 0 Å². The van der Waals surface area contributed by atoms with E-state index in [-0.39, 0.29) is 0 Å².